The molecule has 0 aliphatic carbocycles. The van der Waals surface area contributed by atoms with Crippen LogP contribution in [0.15, 0.2) is 51.9 Å². The topological polar surface area (TPSA) is 85.2 Å². The second kappa shape index (κ2) is 6.96. The summed E-state index contributed by atoms with van der Waals surface area (Å²) in [6.07, 6.45) is 0.996. The summed E-state index contributed by atoms with van der Waals surface area (Å²) in [6.45, 7) is 5.73. The third kappa shape index (κ3) is 3.29. The van der Waals surface area contributed by atoms with Crippen molar-refractivity contribution in [2.24, 2.45) is 0 Å². The number of fused-ring (bicyclic) bond motifs is 2. The Kier molecular flexibility index (Phi) is 4.47. The van der Waals surface area contributed by atoms with Crippen LogP contribution in [0.1, 0.15) is 35.5 Å². The van der Waals surface area contributed by atoms with E-state index in [1.807, 2.05) is 32.0 Å². The van der Waals surface area contributed by atoms with Gasteiger partial charge in [0, 0.05) is 10.9 Å². The highest BCUT2D eigenvalue weighted by molar-refractivity contribution is 5.87. The van der Waals surface area contributed by atoms with Crippen molar-refractivity contribution in [2.75, 3.05) is 0 Å². The van der Waals surface area contributed by atoms with E-state index in [0.29, 0.717) is 16.7 Å². The second-order valence-corrected chi connectivity index (χ2v) is 6.97. The fraction of sp³-hybridized carbons (Fsp3) is 0.227. The van der Waals surface area contributed by atoms with Crippen molar-refractivity contribution in [3.8, 4) is 0 Å². The number of carbonyl (C=O) groups is 1. The van der Waals surface area contributed by atoms with Crippen LogP contribution in [-0.2, 0) is 16.0 Å². The molecule has 6 nitrogen and oxygen atoms in total. The zero-order valence-corrected chi connectivity index (χ0v) is 15.9. The van der Waals surface area contributed by atoms with Crippen molar-refractivity contribution in [3.05, 3.63) is 75.5 Å². The van der Waals surface area contributed by atoms with Crippen LogP contribution in [0.4, 0.5) is 0 Å². The molecule has 0 spiro atoms. The number of aromatic nitrogens is 2. The monoisotopic (exact) mass is 376 g/mol. The zero-order valence-electron chi connectivity index (χ0n) is 15.9. The molecule has 142 valence electrons. The lowest BCUT2D eigenvalue weighted by Gasteiger charge is -2.13. The number of benzene rings is 2. The predicted octanol–water partition coefficient (Wildman–Crippen LogP) is 4.13. The number of hydrogen-bond acceptors (Lipinski definition) is 5. The minimum Gasteiger partial charge on any atom is -0.464 e. The molecular weight excluding hydrogens is 356 g/mol. The summed E-state index contributed by atoms with van der Waals surface area (Å²) in [5.74, 6) is -0.0928. The van der Waals surface area contributed by atoms with Crippen LogP contribution < -0.4 is 5.56 Å². The minimum absolute atomic E-state index is 0.0810. The van der Waals surface area contributed by atoms with E-state index < -0.39 is 12.1 Å². The first-order chi connectivity index (χ1) is 13.4. The Morgan fingerprint density at radius 1 is 1.18 bits per heavy atom. The van der Waals surface area contributed by atoms with E-state index in [4.69, 9.17) is 9.15 Å². The molecule has 0 unspecified atom stereocenters. The molecule has 0 aliphatic heterocycles. The molecule has 2 aromatic carbocycles. The van der Waals surface area contributed by atoms with Crippen molar-refractivity contribution in [3.63, 3.8) is 0 Å². The molecule has 0 fully saturated rings. The van der Waals surface area contributed by atoms with E-state index >= 15 is 0 Å². The van der Waals surface area contributed by atoms with Gasteiger partial charge in [0.2, 0.25) is 0 Å². The average Bonchev–Trinajstić information content (AvgIpc) is 3.03. The molecular formula is C22H20N2O4. The highest BCUT2D eigenvalue weighted by atomic mass is 16.5. The van der Waals surface area contributed by atoms with Crippen LogP contribution in [0.3, 0.4) is 0 Å². The molecule has 0 saturated carbocycles. The van der Waals surface area contributed by atoms with E-state index in [0.717, 1.165) is 27.7 Å². The number of aromatic amines is 1. The van der Waals surface area contributed by atoms with Gasteiger partial charge in [-0.25, -0.2) is 4.98 Å². The highest BCUT2D eigenvalue weighted by Gasteiger charge is 2.18. The van der Waals surface area contributed by atoms with Crippen molar-refractivity contribution < 1.29 is 13.9 Å². The highest BCUT2D eigenvalue weighted by Crippen LogP contribution is 2.26. The number of nitrogens with zero attached hydrogens (tertiary/aromatic N) is 1. The fourth-order valence-corrected chi connectivity index (χ4v) is 3.22. The van der Waals surface area contributed by atoms with E-state index in [1.54, 1.807) is 31.4 Å². The molecule has 0 amide bonds. The number of furan rings is 1. The van der Waals surface area contributed by atoms with Crippen LogP contribution in [0, 0.1) is 13.8 Å². The number of rotatable bonds is 4. The Morgan fingerprint density at radius 2 is 1.93 bits per heavy atom. The summed E-state index contributed by atoms with van der Waals surface area (Å²) in [5.41, 5.74) is 4.10. The molecule has 0 saturated heterocycles. The van der Waals surface area contributed by atoms with Gasteiger partial charge in [0.1, 0.15) is 5.58 Å². The van der Waals surface area contributed by atoms with Crippen molar-refractivity contribution in [2.45, 2.75) is 33.3 Å². The number of para-hydroxylation sites is 1. The normalized spacial score (nSPS) is 12.4. The molecule has 0 radical (unpaired) electrons. The van der Waals surface area contributed by atoms with Gasteiger partial charge in [0.25, 0.3) is 5.56 Å². The molecule has 2 aromatic heterocycles. The standard InChI is InChI=1S/C22H20N2O4/c1-12-8-17-15(11-27-19(17)9-13(12)2)10-20(25)28-14(3)21-23-18-7-5-4-6-16(18)22(26)24-21/h4-9,11,14H,10H2,1-3H3,(H,23,24,26)/t14-/m1/s1. The second-order valence-electron chi connectivity index (χ2n) is 6.97. The quantitative estimate of drug-likeness (QED) is 0.541. The number of esters is 1. The van der Waals surface area contributed by atoms with E-state index in [-0.39, 0.29) is 12.0 Å². The number of H-pyrrole nitrogens is 1. The largest absolute Gasteiger partial charge is 0.464 e. The van der Waals surface area contributed by atoms with Gasteiger partial charge in [-0.3, -0.25) is 9.59 Å². The Bertz CT molecular complexity index is 1250. The molecule has 28 heavy (non-hydrogen) atoms. The van der Waals surface area contributed by atoms with Crippen LogP contribution in [0.25, 0.3) is 21.9 Å². The molecule has 2 heterocycles. The van der Waals surface area contributed by atoms with E-state index in [9.17, 15) is 9.59 Å². The predicted molar refractivity (Wildman–Crippen MR) is 106 cm³/mol. The van der Waals surface area contributed by atoms with Crippen molar-refractivity contribution >= 4 is 27.8 Å². The lowest BCUT2D eigenvalue weighted by Crippen LogP contribution is -2.18. The van der Waals surface area contributed by atoms with Crippen LogP contribution in [-0.4, -0.2) is 15.9 Å². The van der Waals surface area contributed by atoms with Gasteiger partial charge >= 0.3 is 5.97 Å². The Morgan fingerprint density at radius 3 is 2.75 bits per heavy atom. The maximum atomic E-state index is 12.5. The molecule has 0 bridgehead atoms. The SMILES string of the molecule is Cc1cc2occ(CC(=O)O[C@H](C)c3nc4ccccc4c(=O)[nH]3)c2cc1C. The summed E-state index contributed by atoms with van der Waals surface area (Å²) < 4.78 is 11.1. The van der Waals surface area contributed by atoms with Gasteiger partial charge in [0.15, 0.2) is 11.9 Å². The molecule has 0 aliphatic rings. The third-order valence-corrected chi connectivity index (χ3v) is 4.93. The van der Waals surface area contributed by atoms with Gasteiger partial charge in [-0.05, 0) is 56.2 Å². The first-order valence-electron chi connectivity index (χ1n) is 9.08. The van der Waals surface area contributed by atoms with Gasteiger partial charge in [-0.1, -0.05) is 12.1 Å². The molecule has 1 atom stereocenters. The van der Waals surface area contributed by atoms with E-state index in [2.05, 4.69) is 9.97 Å². The van der Waals surface area contributed by atoms with Crippen molar-refractivity contribution in [1.82, 2.24) is 9.97 Å². The van der Waals surface area contributed by atoms with E-state index in [1.165, 1.54) is 0 Å². The lowest BCUT2D eigenvalue weighted by molar-refractivity contribution is -0.148. The Hall–Kier alpha value is -3.41. The molecule has 6 heteroatoms. The van der Waals surface area contributed by atoms with Gasteiger partial charge in [-0.15, -0.1) is 0 Å². The summed E-state index contributed by atoms with van der Waals surface area (Å²) in [6, 6.07) is 11.0. The van der Waals surface area contributed by atoms with Crippen molar-refractivity contribution in [1.29, 1.82) is 0 Å². The Labute approximate surface area is 161 Å². The van der Waals surface area contributed by atoms with Gasteiger partial charge in [0.05, 0.1) is 23.6 Å². The van der Waals surface area contributed by atoms with Gasteiger partial charge in [-0.2, -0.15) is 0 Å². The number of aryl methyl sites for hydroxylation is 2. The summed E-state index contributed by atoms with van der Waals surface area (Å²) >= 11 is 0. The fourth-order valence-electron chi connectivity index (χ4n) is 3.22. The zero-order chi connectivity index (χ0) is 19.8. The van der Waals surface area contributed by atoms with Crippen LogP contribution in [0.2, 0.25) is 0 Å². The summed E-state index contributed by atoms with van der Waals surface area (Å²) in [4.78, 5) is 31.8. The molecule has 1 N–H and O–H groups in total. The number of hydrogen-bond donors (Lipinski definition) is 1. The number of carbonyl (C=O) groups excluding carboxylic acids is 1. The average molecular weight is 376 g/mol. The van der Waals surface area contributed by atoms with Crippen LogP contribution in [0.5, 0.6) is 0 Å². The lowest BCUT2D eigenvalue weighted by atomic mass is 10.0. The number of nitrogens with one attached hydrogen (secondary N) is 1. The molecule has 4 rings (SSSR count). The Balaban J connectivity index is 1.54. The summed E-state index contributed by atoms with van der Waals surface area (Å²) in [5, 5.41) is 1.41. The summed E-state index contributed by atoms with van der Waals surface area (Å²) in [7, 11) is 0. The smallest absolute Gasteiger partial charge is 0.311 e. The number of ether oxygens (including phenoxy) is 1. The first kappa shape index (κ1) is 18.0. The van der Waals surface area contributed by atoms with Crippen LogP contribution >= 0.6 is 0 Å². The third-order valence-electron chi connectivity index (χ3n) is 4.93. The minimum atomic E-state index is -0.674. The molecule has 4 aromatic rings. The first-order valence-corrected chi connectivity index (χ1v) is 9.08. The van der Waals surface area contributed by atoms with Gasteiger partial charge < -0.3 is 14.1 Å². The maximum Gasteiger partial charge on any atom is 0.311 e. The maximum absolute atomic E-state index is 12.5.